The summed E-state index contributed by atoms with van der Waals surface area (Å²) in [7, 11) is 0. The number of hydrogen-bond donors (Lipinski definition) is 1. The lowest BCUT2D eigenvalue weighted by molar-refractivity contribution is -0.169. The normalized spacial score (nSPS) is 27.5. The third-order valence-electron chi connectivity index (χ3n) is 6.95. The second kappa shape index (κ2) is 9.33. The van der Waals surface area contributed by atoms with Crippen LogP contribution in [0.1, 0.15) is 60.8 Å². The molecule has 3 fully saturated rings. The van der Waals surface area contributed by atoms with Crippen molar-refractivity contribution >= 4 is 17.9 Å². The van der Waals surface area contributed by atoms with Crippen molar-refractivity contribution < 1.29 is 38.4 Å². The number of carbonyl (C=O) groups is 3. The minimum absolute atomic E-state index is 0.144. The third-order valence-corrected chi connectivity index (χ3v) is 6.95. The number of rotatable bonds is 6. The molecule has 3 heterocycles. The minimum Gasteiger partial charge on any atom is -0.508 e. The molecule has 182 valence electrons. The SMILES string of the molecule is CCC(C)(C)C(=O)OC1C2CC3C(=O)OC1C3O2.CCC(C)(C)C(=O)Oc1ccc(O)cc1. The van der Waals surface area contributed by atoms with Crippen molar-refractivity contribution in [1.82, 2.24) is 0 Å². The van der Waals surface area contributed by atoms with E-state index < -0.39 is 23.0 Å². The van der Waals surface area contributed by atoms with E-state index in [1.54, 1.807) is 12.1 Å². The zero-order valence-corrected chi connectivity index (χ0v) is 20.1. The van der Waals surface area contributed by atoms with Gasteiger partial charge in [0.25, 0.3) is 0 Å². The zero-order chi connectivity index (χ0) is 24.6. The highest BCUT2D eigenvalue weighted by Gasteiger charge is 2.65. The maximum absolute atomic E-state index is 12.1. The number of fused-ring (bicyclic) bond motifs is 1. The van der Waals surface area contributed by atoms with Gasteiger partial charge in [-0.05, 0) is 71.2 Å². The number of carbonyl (C=O) groups excluding carboxylic acids is 3. The molecule has 1 N–H and O–H groups in total. The zero-order valence-electron chi connectivity index (χ0n) is 20.1. The summed E-state index contributed by atoms with van der Waals surface area (Å²) in [6.07, 6.45) is 0.863. The van der Waals surface area contributed by atoms with Crippen molar-refractivity contribution in [3.05, 3.63) is 24.3 Å². The van der Waals surface area contributed by atoms with Crippen molar-refractivity contribution in [2.24, 2.45) is 16.7 Å². The highest BCUT2D eigenvalue weighted by atomic mass is 16.7. The van der Waals surface area contributed by atoms with E-state index in [2.05, 4.69) is 0 Å². The van der Waals surface area contributed by atoms with Gasteiger partial charge in [-0.1, -0.05) is 13.8 Å². The first-order valence-corrected chi connectivity index (χ1v) is 11.5. The minimum atomic E-state index is -0.510. The Kier molecular flexibility index (Phi) is 7.07. The molecule has 3 saturated heterocycles. The molecule has 1 aromatic rings. The maximum atomic E-state index is 12.1. The molecular formula is C25H34O8. The summed E-state index contributed by atoms with van der Waals surface area (Å²) in [6, 6.07) is 6.11. The molecule has 2 bridgehead atoms. The van der Waals surface area contributed by atoms with Crippen LogP contribution in [0.15, 0.2) is 24.3 Å². The molecule has 0 aromatic heterocycles. The van der Waals surface area contributed by atoms with Gasteiger partial charge in [-0.3, -0.25) is 14.4 Å². The van der Waals surface area contributed by atoms with Crippen LogP contribution in [0.3, 0.4) is 0 Å². The van der Waals surface area contributed by atoms with Crippen LogP contribution in [-0.2, 0) is 28.6 Å². The van der Waals surface area contributed by atoms with E-state index in [-0.39, 0.29) is 41.8 Å². The molecule has 8 heteroatoms. The van der Waals surface area contributed by atoms with Crippen LogP contribution in [0.4, 0.5) is 0 Å². The van der Waals surface area contributed by atoms with Crippen molar-refractivity contribution in [2.75, 3.05) is 0 Å². The van der Waals surface area contributed by atoms with Crippen molar-refractivity contribution in [2.45, 2.75) is 85.2 Å². The molecule has 1 aromatic carbocycles. The second-order valence-corrected chi connectivity index (χ2v) is 10.1. The Bertz CT molecular complexity index is 888. The van der Waals surface area contributed by atoms with Gasteiger partial charge in [-0.25, -0.2) is 0 Å². The lowest BCUT2D eigenvalue weighted by Crippen LogP contribution is -2.42. The molecule has 4 rings (SSSR count). The van der Waals surface area contributed by atoms with Crippen LogP contribution in [0, 0.1) is 16.7 Å². The Morgan fingerprint density at radius 2 is 1.58 bits per heavy atom. The number of phenolic OH excluding ortho intramolecular Hbond substituents is 1. The van der Waals surface area contributed by atoms with Gasteiger partial charge in [-0.15, -0.1) is 0 Å². The molecule has 3 aliphatic heterocycles. The molecule has 0 radical (unpaired) electrons. The molecule has 33 heavy (non-hydrogen) atoms. The van der Waals surface area contributed by atoms with E-state index in [0.717, 1.165) is 6.42 Å². The Morgan fingerprint density at radius 1 is 1.00 bits per heavy atom. The Balaban J connectivity index is 0.000000190. The van der Waals surface area contributed by atoms with E-state index in [1.165, 1.54) is 12.1 Å². The fourth-order valence-corrected chi connectivity index (χ4v) is 3.71. The number of aromatic hydroxyl groups is 1. The predicted octanol–water partition coefficient (Wildman–Crippen LogP) is 3.78. The van der Waals surface area contributed by atoms with E-state index in [9.17, 15) is 14.4 Å². The highest BCUT2D eigenvalue weighted by molar-refractivity contribution is 5.79. The van der Waals surface area contributed by atoms with E-state index in [4.69, 9.17) is 24.1 Å². The highest BCUT2D eigenvalue weighted by Crippen LogP contribution is 2.47. The van der Waals surface area contributed by atoms with Gasteiger partial charge in [0, 0.05) is 0 Å². The Hall–Kier alpha value is -2.61. The number of phenols is 1. The number of ether oxygens (including phenoxy) is 4. The van der Waals surface area contributed by atoms with Crippen molar-refractivity contribution in [1.29, 1.82) is 0 Å². The smallest absolute Gasteiger partial charge is 0.316 e. The average molecular weight is 463 g/mol. The van der Waals surface area contributed by atoms with Gasteiger partial charge in [0.2, 0.25) is 0 Å². The van der Waals surface area contributed by atoms with Crippen LogP contribution in [0.2, 0.25) is 0 Å². The first-order chi connectivity index (χ1) is 15.4. The van der Waals surface area contributed by atoms with Crippen LogP contribution in [0.25, 0.3) is 0 Å². The molecule has 0 spiro atoms. The standard InChI is InChI=1S/C13H18O5.C12H16O3/c1-4-13(2,3)12(15)18-9-7-5-6-8(16-7)10(9)17-11(6)14;1-4-12(2,3)11(14)15-10-7-5-9(13)6-8-10/h6-10H,4-5H2,1-3H3;5-8,13H,4H2,1-3H3. The number of benzene rings is 1. The first kappa shape index (κ1) is 25.0. The molecule has 8 nitrogen and oxygen atoms in total. The predicted molar refractivity (Wildman–Crippen MR) is 118 cm³/mol. The van der Waals surface area contributed by atoms with E-state index in [0.29, 0.717) is 18.6 Å². The molecule has 0 aliphatic carbocycles. The summed E-state index contributed by atoms with van der Waals surface area (Å²) >= 11 is 0. The molecular weight excluding hydrogens is 428 g/mol. The van der Waals surface area contributed by atoms with Gasteiger partial charge in [-0.2, -0.15) is 0 Å². The van der Waals surface area contributed by atoms with Crippen LogP contribution < -0.4 is 4.74 Å². The van der Waals surface area contributed by atoms with E-state index in [1.807, 2.05) is 41.5 Å². The summed E-state index contributed by atoms with van der Waals surface area (Å²) in [5.41, 5.74) is -0.984. The molecule has 0 amide bonds. The van der Waals surface area contributed by atoms with E-state index >= 15 is 0 Å². The quantitative estimate of drug-likeness (QED) is 0.503. The monoisotopic (exact) mass is 462 g/mol. The largest absolute Gasteiger partial charge is 0.508 e. The van der Waals surface area contributed by atoms with Crippen molar-refractivity contribution in [3.8, 4) is 11.5 Å². The van der Waals surface area contributed by atoms with Crippen LogP contribution >= 0.6 is 0 Å². The average Bonchev–Trinajstić information content (AvgIpc) is 3.41. The number of hydrogen-bond acceptors (Lipinski definition) is 8. The fraction of sp³-hybridized carbons (Fsp3) is 0.640. The van der Waals surface area contributed by atoms with Crippen molar-refractivity contribution in [3.63, 3.8) is 0 Å². The van der Waals surface area contributed by atoms with Gasteiger partial charge >= 0.3 is 17.9 Å². The molecule has 5 atom stereocenters. The fourth-order valence-electron chi connectivity index (χ4n) is 3.71. The second-order valence-electron chi connectivity index (χ2n) is 10.1. The summed E-state index contributed by atoms with van der Waals surface area (Å²) in [5.74, 6) is -0.236. The van der Waals surface area contributed by atoms with Crippen LogP contribution in [0.5, 0.6) is 11.5 Å². The summed E-state index contributed by atoms with van der Waals surface area (Å²) in [6.45, 7) is 11.3. The summed E-state index contributed by atoms with van der Waals surface area (Å²) < 4.78 is 21.6. The first-order valence-electron chi connectivity index (χ1n) is 11.5. The lowest BCUT2D eigenvalue weighted by atomic mass is 9.87. The topological polar surface area (TPSA) is 108 Å². The third kappa shape index (κ3) is 5.16. The lowest BCUT2D eigenvalue weighted by Gasteiger charge is -2.27. The summed E-state index contributed by atoms with van der Waals surface area (Å²) in [4.78, 5) is 35.3. The Labute approximate surface area is 194 Å². The van der Waals surface area contributed by atoms with Gasteiger partial charge in [0.1, 0.15) is 17.6 Å². The van der Waals surface area contributed by atoms with Gasteiger partial charge in [0.05, 0.1) is 22.9 Å². The van der Waals surface area contributed by atoms with Gasteiger partial charge < -0.3 is 24.1 Å². The number of esters is 3. The summed E-state index contributed by atoms with van der Waals surface area (Å²) in [5, 5.41) is 9.06. The van der Waals surface area contributed by atoms with Crippen LogP contribution in [-0.4, -0.2) is 47.4 Å². The van der Waals surface area contributed by atoms with Gasteiger partial charge in [0.15, 0.2) is 12.2 Å². The maximum Gasteiger partial charge on any atom is 0.316 e. The molecule has 3 aliphatic rings. The Morgan fingerprint density at radius 3 is 2.15 bits per heavy atom. The molecule has 5 unspecified atom stereocenters. The molecule has 0 saturated carbocycles.